The molecule has 0 aromatic rings. The highest BCUT2D eigenvalue weighted by molar-refractivity contribution is 5.78. The molecule has 16 heavy (non-hydrogen) atoms. The van der Waals surface area contributed by atoms with Crippen LogP contribution in [-0.2, 0) is 14.3 Å². The number of aliphatic carboxylic acids is 1. The second-order valence-electron chi connectivity index (χ2n) is 4.94. The highest BCUT2D eigenvalue weighted by atomic mass is 16.6. The van der Waals surface area contributed by atoms with Gasteiger partial charge in [-0.1, -0.05) is 0 Å². The van der Waals surface area contributed by atoms with Crippen LogP contribution in [0.4, 0.5) is 0 Å². The SMILES string of the molecule is CC(C)(C)OC(=O)CC(C)(O)C(N)C(=O)O. The zero-order valence-electron chi connectivity index (χ0n) is 9.98. The molecule has 0 radical (unpaired) electrons. The van der Waals surface area contributed by atoms with Crippen molar-refractivity contribution in [3.05, 3.63) is 0 Å². The standard InChI is InChI=1S/C10H19NO5/c1-9(2,3)16-6(12)5-10(4,15)7(11)8(13)14/h7,15H,5,11H2,1-4H3,(H,13,14). The van der Waals surface area contributed by atoms with E-state index in [-0.39, 0.29) is 0 Å². The number of ether oxygens (including phenoxy) is 1. The van der Waals surface area contributed by atoms with Crippen LogP contribution in [0.1, 0.15) is 34.1 Å². The number of carboxylic acid groups (broad SMARTS) is 1. The van der Waals surface area contributed by atoms with Crippen LogP contribution >= 0.6 is 0 Å². The Bertz CT molecular complexity index is 279. The summed E-state index contributed by atoms with van der Waals surface area (Å²) in [6.07, 6.45) is -0.461. The van der Waals surface area contributed by atoms with Crippen LogP contribution in [0.15, 0.2) is 0 Å². The van der Waals surface area contributed by atoms with Gasteiger partial charge >= 0.3 is 11.9 Å². The molecule has 0 aliphatic rings. The summed E-state index contributed by atoms with van der Waals surface area (Å²) in [5, 5.41) is 18.3. The van der Waals surface area contributed by atoms with Crippen molar-refractivity contribution in [3.8, 4) is 0 Å². The van der Waals surface area contributed by atoms with Crippen molar-refractivity contribution in [1.29, 1.82) is 0 Å². The molecule has 2 unspecified atom stereocenters. The maximum Gasteiger partial charge on any atom is 0.323 e. The maximum absolute atomic E-state index is 11.4. The minimum absolute atomic E-state index is 0.461. The number of hydrogen-bond acceptors (Lipinski definition) is 5. The average molecular weight is 233 g/mol. The fourth-order valence-electron chi connectivity index (χ4n) is 1.05. The summed E-state index contributed by atoms with van der Waals surface area (Å²) in [7, 11) is 0. The zero-order valence-corrected chi connectivity index (χ0v) is 9.98. The maximum atomic E-state index is 11.4. The van der Waals surface area contributed by atoms with E-state index < -0.39 is 35.6 Å². The molecule has 0 aromatic carbocycles. The number of hydrogen-bond donors (Lipinski definition) is 3. The van der Waals surface area contributed by atoms with Crippen molar-refractivity contribution < 1.29 is 24.5 Å². The van der Waals surface area contributed by atoms with Gasteiger partial charge in [0.25, 0.3) is 0 Å². The highest BCUT2D eigenvalue weighted by Crippen LogP contribution is 2.17. The number of carbonyl (C=O) groups excluding carboxylic acids is 1. The van der Waals surface area contributed by atoms with Gasteiger partial charge in [-0.05, 0) is 27.7 Å². The summed E-state index contributed by atoms with van der Waals surface area (Å²) in [6, 6.07) is -1.53. The van der Waals surface area contributed by atoms with E-state index in [1.54, 1.807) is 20.8 Å². The molecule has 6 heteroatoms. The Morgan fingerprint density at radius 2 is 1.75 bits per heavy atom. The van der Waals surface area contributed by atoms with Gasteiger partial charge in [0.15, 0.2) is 0 Å². The van der Waals surface area contributed by atoms with Crippen molar-refractivity contribution in [1.82, 2.24) is 0 Å². The molecule has 0 amide bonds. The molecule has 0 rings (SSSR count). The van der Waals surface area contributed by atoms with Gasteiger partial charge in [0.2, 0.25) is 0 Å². The Morgan fingerprint density at radius 3 is 2.06 bits per heavy atom. The number of esters is 1. The Kier molecular flexibility index (Phi) is 4.45. The van der Waals surface area contributed by atoms with Crippen LogP contribution in [0, 0.1) is 0 Å². The average Bonchev–Trinajstić information content (AvgIpc) is 1.97. The van der Waals surface area contributed by atoms with E-state index in [4.69, 9.17) is 15.6 Å². The molecule has 0 heterocycles. The van der Waals surface area contributed by atoms with Gasteiger partial charge in [-0.3, -0.25) is 9.59 Å². The first-order chi connectivity index (χ1) is 6.96. The van der Waals surface area contributed by atoms with Crippen molar-refractivity contribution in [3.63, 3.8) is 0 Å². The fourth-order valence-corrected chi connectivity index (χ4v) is 1.05. The summed E-state index contributed by atoms with van der Waals surface area (Å²) in [4.78, 5) is 21.9. The first kappa shape index (κ1) is 14.9. The molecular formula is C10H19NO5. The van der Waals surface area contributed by atoms with Crippen molar-refractivity contribution >= 4 is 11.9 Å². The Morgan fingerprint density at radius 1 is 1.31 bits per heavy atom. The van der Waals surface area contributed by atoms with E-state index in [0.717, 1.165) is 0 Å². The Balaban J connectivity index is 4.48. The van der Waals surface area contributed by atoms with Crippen molar-refractivity contribution in [2.75, 3.05) is 0 Å². The van der Waals surface area contributed by atoms with Crippen molar-refractivity contribution in [2.45, 2.75) is 51.4 Å². The summed E-state index contributed by atoms with van der Waals surface area (Å²) < 4.78 is 4.96. The number of rotatable bonds is 4. The second-order valence-corrected chi connectivity index (χ2v) is 4.94. The van der Waals surface area contributed by atoms with Gasteiger partial charge in [0, 0.05) is 0 Å². The van der Waals surface area contributed by atoms with Gasteiger partial charge in [-0.25, -0.2) is 0 Å². The third-order valence-corrected chi connectivity index (χ3v) is 1.86. The number of nitrogens with two attached hydrogens (primary N) is 1. The first-order valence-electron chi connectivity index (χ1n) is 4.88. The molecule has 0 aromatic heterocycles. The molecule has 0 aliphatic carbocycles. The number of aliphatic hydroxyl groups is 1. The molecular weight excluding hydrogens is 214 g/mol. The molecule has 4 N–H and O–H groups in total. The topological polar surface area (TPSA) is 110 Å². The second kappa shape index (κ2) is 4.80. The Hall–Kier alpha value is -1.14. The summed E-state index contributed by atoms with van der Waals surface area (Å²) >= 11 is 0. The molecule has 2 atom stereocenters. The summed E-state index contributed by atoms with van der Waals surface area (Å²) in [6.45, 7) is 6.22. The van der Waals surface area contributed by atoms with Crippen LogP contribution < -0.4 is 5.73 Å². The van der Waals surface area contributed by atoms with Crippen molar-refractivity contribution in [2.24, 2.45) is 5.73 Å². The lowest BCUT2D eigenvalue weighted by molar-refractivity contribution is -0.162. The van der Waals surface area contributed by atoms with Crippen LogP contribution in [0.2, 0.25) is 0 Å². The molecule has 0 saturated heterocycles. The molecule has 94 valence electrons. The lowest BCUT2D eigenvalue weighted by Gasteiger charge is -2.28. The van der Waals surface area contributed by atoms with Crippen LogP contribution in [-0.4, -0.2) is 39.4 Å². The zero-order chi connectivity index (χ0) is 13.1. The van der Waals surface area contributed by atoms with Crippen LogP contribution in [0.25, 0.3) is 0 Å². The number of carbonyl (C=O) groups is 2. The predicted molar refractivity (Wildman–Crippen MR) is 56.7 cm³/mol. The molecule has 0 bridgehead atoms. The van der Waals surface area contributed by atoms with E-state index >= 15 is 0 Å². The van der Waals surface area contributed by atoms with E-state index in [9.17, 15) is 14.7 Å². The smallest absolute Gasteiger partial charge is 0.323 e. The summed E-state index contributed by atoms with van der Waals surface area (Å²) in [5.41, 5.74) is 2.74. The normalized spacial score (nSPS) is 17.4. The molecule has 0 fully saturated rings. The first-order valence-corrected chi connectivity index (χ1v) is 4.88. The molecule has 0 spiro atoms. The lowest BCUT2D eigenvalue weighted by Crippen LogP contribution is -2.52. The van der Waals surface area contributed by atoms with Gasteiger partial charge in [-0.15, -0.1) is 0 Å². The predicted octanol–water partition coefficient (Wildman–Crippen LogP) is -0.119. The molecule has 6 nitrogen and oxygen atoms in total. The van der Waals surface area contributed by atoms with E-state index in [2.05, 4.69) is 0 Å². The molecule has 0 aliphatic heterocycles. The monoisotopic (exact) mass is 233 g/mol. The van der Waals surface area contributed by atoms with Crippen LogP contribution in [0.3, 0.4) is 0 Å². The largest absolute Gasteiger partial charge is 0.480 e. The van der Waals surface area contributed by atoms with Gasteiger partial charge in [0.05, 0.1) is 12.0 Å². The lowest BCUT2D eigenvalue weighted by atomic mass is 9.93. The highest BCUT2D eigenvalue weighted by Gasteiger charge is 2.37. The third kappa shape index (κ3) is 5.09. The minimum Gasteiger partial charge on any atom is -0.480 e. The van der Waals surface area contributed by atoms with E-state index in [0.29, 0.717) is 0 Å². The van der Waals surface area contributed by atoms with E-state index in [1.807, 2.05) is 0 Å². The van der Waals surface area contributed by atoms with Gasteiger partial charge in [0.1, 0.15) is 11.6 Å². The van der Waals surface area contributed by atoms with E-state index in [1.165, 1.54) is 6.92 Å². The summed E-state index contributed by atoms with van der Waals surface area (Å²) in [5.74, 6) is -2.05. The number of carboxylic acids is 1. The quantitative estimate of drug-likeness (QED) is 0.584. The fraction of sp³-hybridized carbons (Fsp3) is 0.800. The van der Waals surface area contributed by atoms with Crippen LogP contribution in [0.5, 0.6) is 0 Å². The van der Waals surface area contributed by atoms with Gasteiger partial charge < -0.3 is 20.7 Å². The minimum atomic E-state index is -1.83. The molecule has 0 saturated carbocycles. The van der Waals surface area contributed by atoms with Gasteiger partial charge in [-0.2, -0.15) is 0 Å². The Labute approximate surface area is 94.4 Å². The third-order valence-electron chi connectivity index (χ3n) is 1.86.